The standard InChI is InChI=1S/C19H26N4O2S/c1-4-15-5-6-16(10-18(15)26(20,24)25)17-7-8-19(22-21-17)23-11-13(2)9-14(3)12-23/h5-8,10,13-14H,4,9,11-12H2,1-3H3,(H2,20,24,25). The fourth-order valence-corrected chi connectivity index (χ4v) is 4.64. The van der Waals surface area contributed by atoms with E-state index in [2.05, 4.69) is 28.9 Å². The Morgan fingerprint density at radius 1 is 1.12 bits per heavy atom. The Balaban J connectivity index is 1.89. The molecule has 0 saturated carbocycles. The number of nitrogens with two attached hydrogens (primary N) is 1. The molecule has 2 atom stereocenters. The van der Waals surface area contributed by atoms with Crippen LogP contribution in [0.25, 0.3) is 11.3 Å². The summed E-state index contributed by atoms with van der Waals surface area (Å²) in [7, 11) is -3.77. The van der Waals surface area contributed by atoms with Gasteiger partial charge in [-0.2, -0.15) is 0 Å². The van der Waals surface area contributed by atoms with Gasteiger partial charge in [0.1, 0.15) is 0 Å². The lowest BCUT2D eigenvalue weighted by Crippen LogP contribution is -2.39. The second-order valence-corrected chi connectivity index (χ2v) is 8.88. The number of piperidine rings is 1. The normalized spacial score (nSPS) is 21.0. The highest BCUT2D eigenvalue weighted by Gasteiger charge is 2.23. The fraction of sp³-hybridized carbons (Fsp3) is 0.474. The van der Waals surface area contributed by atoms with Gasteiger partial charge in [-0.15, -0.1) is 10.2 Å². The number of hydrogen-bond donors (Lipinski definition) is 1. The quantitative estimate of drug-likeness (QED) is 0.889. The molecule has 1 aromatic carbocycles. The molecule has 7 heteroatoms. The SMILES string of the molecule is CCc1ccc(-c2ccc(N3CC(C)CC(C)C3)nn2)cc1S(N)(=O)=O. The van der Waals surface area contributed by atoms with Crippen LogP contribution in [0, 0.1) is 11.8 Å². The van der Waals surface area contributed by atoms with Crippen LogP contribution in [-0.2, 0) is 16.4 Å². The number of primary sulfonamides is 1. The van der Waals surface area contributed by atoms with Gasteiger partial charge in [-0.1, -0.05) is 32.9 Å². The number of nitrogens with zero attached hydrogens (tertiary/aromatic N) is 3. The number of sulfonamides is 1. The van der Waals surface area contributed by atoms with Crippen molar-refractivity contribution in [1.29, 1.82) is 0 Å². The molecular formula is C19H26N4O2S. The molecule has 1 saturated heterocycles. The van der Waals surface area contributed by atoms with Crippen molar-refractivity contribution in [3.63, 3.8) is 0 Å². The lowest BCUT2D eigenvalue weighted by molar-refractivity contribution is 0.355. The van der Waals surface area contributed by atoms with Gasteiger partial charge in [0.05, 0.1) is 10.6 Å². The number of anilines is 1. The van der Waals surface area contributed by atoms with Crippen LogP contribution in [0.2, 0.25) is 0 Å². The molecule has 0 amide bonds. The predicted octanol–water partition coefficient (Wildman–Crippen LogP) is 2.84. The molecular weight excluding hydrogens is 348 g/mol. The summed E-state index contributed by atoms with van der Waals surface area (Å²) < 4.78 is 23.7. The van der Waals surface area contributed by atoms with Gasteiger partial charge >= 0.3 is 0 Å². The summed E-state index contributed by atoms with van der Waals surface area (Å²) in [5.41, 5.74) is 2.04. The van der Waals surface area contributed by atoms with Gasteiger partial charge in [0.25, 0.3) is 0 Å². The Morgan fingerprint density at radius 2 is 1.81 bits per heavy atom. The minimum Gasteiger partial charge on any atom is -0.355 e. The van der Waals surface area contributed by atoms with Crippen LogP contribution in [-0.4, -0.2) is 31.7 Å². The maximum atomic E-state index is 11.9. The van der Waals surface area contributed by atoms with E-state index >= 15 is 0 Å². The van der Waals surface area contributed by atoms with Crippen molar-refractivity contribution in [1.82, 2.24) is 10.2 Å². The van der Waals surface area contributed by atoms with E-state index in [0.29, 0.717) is 35.1 Å². The minimum atomic E-state index is -3.77. The van der Waals surface area contributed by atoms with Gasteiger partial charge in [0, 0.05) is 18.7 Å². The van der Waals surface area contributed by atoms with E-state index in [1.807, 2.05) is 25.1 Å². The monoisotopic (exact) mass is 374 g/mol. The Labute approximate surface area is 155 Å². The van der Waals surface area contributed by atoms with Crippen molar-refractivity contribution in [3.8, 4) is 11.3 Å². The molecule has 1 aliphatic rings. The van der Waals surface area contributed by atoms with Crippen LogP contribution in [0.15, 0.2) is 35.2 Å². The van der Waals surface area contributed by atoms with Crippen LogP contribution in [0.5, 0.6) is 0 Å². The van der Waals surface area contributed by atoms with Gasteiger partial charge in [0.2, 0.25) is 10.0 Å². The Hall–Kier alpha value is -1.99. The molecule has 3 rings (SSSR count). The average Bonchev–Trinajstić information content (AvgIpc) is 2.60. The molecule has 26 heavy (non-hydrogen) atoms. The first-order valence-corrected chi connectivity index (χ1v) is 10.6. The maximum Gasteiger partial charge on any atom is 0.238 e. The molecule has 1 aliphatic heterocycles. The predicted molar refractivity (Wildman–Crippen MR) is 103 cm³/mol. The highest BCUT2D eigenvalue weighted by molar-refractivity contribution is 7.89. The van der Waals surface area contributed by atoms with Crippen molar-refractivity contribution in [2.75, 3.05) is 18.0 Å². The molecule has 1 aromatic heterocycles. The Bertz CT molecular complexity index is 871. The lowest BCUT2D eigenvalue weighted by atomic mass is 9.92. The van der Waals surface area contributed by atoms with Gasteiger partial charge in [-0.25, -0.2) is 13.6 Å². The van der Waals surface area contributed by atoms with Crippen molar-refractivity contribution >= 4 is 15.8 Å². The summed E-state index contributed by atoms with van der Waals surface area (Å²) in [6, 6.07) is 9.08. The molecule has 0 bridgehead atoms. The summed E-state index contributed by atoms with van der Waals surface area (Å²) in [5, 5.41) is 14.1. The summed E-state index contributed by atoms with van der Waals surface area (Å²) in [6.07, 6.45) is 1.84. The molecule has 0 radical (unpaired) electrons. The smallest absolute Gasteiger partial charge is 0.238 e. The van der Waals surface area contributed by atoms with Gasteiger partial charge in [-0.3, -0.25) is 0 Å². The topological polar surface area (TPSA) is 89.2 Å². The highest BCUT2D eigenvalue weighted by Crippen LogP contribution is 2.27. The highest BCUT2D eigenvalue weighted by atomic mass is 32.2. The summed E-state index contributed by atoms with van der Waals surface area (Å²) in [5.74, 6) is 2.14. The number of rotatable bonds is 4. The molecule has 0 aliphatic carbocycles. The van der Waals surface area contributed by atoms with Crippen LogP contribution < -0.4 is 10.0 Å². The average molecular weight is 375 g/mol. The van der Waals surface area contributed by atoms with Gasteiger partial charge < -0.3 is 4.90 Å². The zero-order valence-corrected chi connectivity index (χ0v) is 16.3. The van der Waals surface area contributed by atoms with Crippen molar-refractivity contribution in [2.45, 2.75) is 38.5 Å². The van der Waals surface area contributed by atoms with E-state index in [1.54, 1.807) is 12.1 Å². The number of hydrogen-bond acceptors (Lipinski definition) is 5. The molecule has 2 aromatic rings. The Kier molecular flexibility index (Phi) is 5.29. The van der Waals surface area contributed by atoms with Gasteiger partial charge in [0.15, 0.2) is 5.82 Å². The molecule has 6 nitrogen and oxygen atoms in total. The van der Waals surface area contributed by atoms with E-state index < -0.39 is 10.0 Å². The van der Waals surface area contributed by atoms with Crippen molar-refractivity contribution in [3.05, 3.63) is 35.9 Å². The summed E-state index contributed by atoms with van der Waals surface area (Å²) in [4.78, 5) is 2.42. The molecule has 2 unspecified atom stereocenters. The van der Waals surface area contributed by atoms with Crippen LogP contribution in [0.4, 0.5) is 5.82 Å². The largest absolute Gasteiger partial charge is 0.355 e. The molecule has 1 fully saturated rings. The van der Waals surface area contributed by atoms with Gasteiger partial charge in [-0.05, 0) is 48.4 Å². The summed E-state index contributed by atoms with van der Waals surface area (Å²) >= 11 is 0. The Morgan fingerprint density at radius 3 is 2.35 bits per heavy atom. The molecule has 2 heterocycles. The van der Waals surface area contributed by atoms with E-state index in [0.717, 1.165) is 18.9 Å². The minimum absolute atomic E-state index is 0.155. The van der Waals surface area contributed by atoms with Crippen LogP contribution in [0.1, 0.15) is 32.8 Å². The second kappa shape index (κ2) is 7.32. The third-order valence-corrected chi connectivity index (χ3v) is 5.89. The van der Waals surface area contributed by atoms with E-state index in [1.165, 1.54) is 6.42 Å². The van der Waals surface area contributed by atoms with Crippen LogP contribution >= 0.6 is 0 Å². The zero-order chi connectivity index (χ0) is 18.9. The molecule has 2 N–H and O–H groups in total. The zero-order valence-electron chi connectivity index (χ0n) is 15.5. The second-order valence-electron chi connectivity index (χ2n) is 7.35. The number of benzene rings is 1. The first kappa shape index (κ1) is 18.8. The first-order valence-electron chi connectivity index (χ1n) is 9.02. The van der Waals surface area contributed by atoms with Crippen molar-refractivity contribution in [2.24, 2.45) is 17.0 Å². The van der Waals surface area contributed by atoms with E-state index in [4.69, 9.17) is 5.14 Å². The van der Waals surface area contributed by atoms with E-state index in [-0.39, 0.29) is 4.90 Å². The van der Waals surface area contributed by atoms with E-state index in [9.17, 15) is 8.42 Å². The number of aromatic nitrogens is 2. The first-order chi connectivity index (χ1) is 12.3. The number of aryl methyl sites for hydroxylation is 1. The molecule has 0 spiro atoms. The fourth-order valence-electron chi connectivity index (χ4n) is 3.77. The van der Waals surface area contributed by atoms with Crippen molar-refractivity contribution < 1.29 is 8.42 Å². The van der Waals surface area contributed by atoms with Crippen LogP contribution in [0.3, 0.4) is 0 Å². The summed E-state index contributed by atoms with van der Waals surface area (Å²) in [6.45, 7) is 8.39. The maximum absolute atomic E-state index is 11.9. The molecule has 140 valence electrons. The third kappa shape index (κ3) is 4.04. The third-order valence-electron chi connectivity index (χ3n) is 4.89. The lowest BCUT2D eigenvalue weighted by Gasteiger charge is -2.35.